The summed E-state index contributed by atoms with van der Waals surface area (Å²) in [5, 5.41) is 3.26. The molecule has 0 bridgehead atoms. The predicted molar refractivity (Wildman–Crippen MR) is 59.6 cm³/mol. The second-order valence-corrected chi connectivity index (χ2v) is 4.39. The molecule has 1 fully saturated rings. The van der Waals surface area contributed by atoms with Crippen LogP contribution >= 0.6 is 0 Å². The van der Waals surface area contributed by atoms with Crippen LogP contribution in [0.3, 0.4) is 0 Å². The van der Waals surface area contributed by atoms with Crippen molar-refractivity contribution in [3.8, 4) is 0 Å². The van der Waals surface area contributed by atoms with Gasteiger partial charge in [0.05, 0.1) is 6.10 Å². The van der Waals surface area contributed by atoms with E-state index in [-0.39, 0.29) is 0 Å². The third-order valence-corrected chi connectivity index (χ3v) is 3.31. The minimum Gasteiger partial charge on any atom is -0.377 e. The van der Waals surface area contributed by atoms with Gasteiger partial charge in [-0.3, -0.25) is 0 Å². The Morgan fingerprint density at radius 3 is 2.79 bits per heavy atom. The maximum absolute atomic E-state index is 5.56. The molecule has 1 aliphatic rings. The maximum Gasteiger partial charge on any atom is 0.0702 e. The van der Waals surface area contributed by atoms with E-state index < -0.39 is 0 Å². The fourth-order valence-electron chi connectivity index (χ4n) is 2.01. The second kappa shape index (κ2) is 5.69. The van der Waals surface area contributed by atoms with Crippen LogP contribution in [0.25, 0.3) is 0 Å². The van der Waals surface area contributed by atoms with Gasteiger partial charge in [-0.2, -0.15) is 0 Å². The number of nitrogens with one attached hydrogen (secondary N) is 1. The van der Waals surface area contributed by atoms with Crippen molar-refractivity contribution in [2.45, 2.75) is 44.9 Å². The molecule has 0 aromatic rings. The summed E-state index contributed by atoms with van der Waals surface area (Å²) < 4.78 is 5.56. The summed E-state index contributed by atoms with van der Waals surface area (Å²) in [6.45, 7) is 6.48. The third-order valence-electron chi connectivity index (χ3n) is 3.31. The molecule has 0 aromatic carbocycles. The highest BCUT2D eigenvalue weighted by Gasteiger charge is 2.27. The van der Waals surface area contributed by atoms with Gasteiger partial charge in [-0.15, -0.1) is 0 Å². The molecule has 3 unspecified atom stereocenters. The Morgan fingerprint density at radius 2 is 2.29 bits per heavy atom. The zero-order valence-corrected chi connectivity index (χ0v) is 9.92. The van der Waals surface area contributed by atoms with Crippen LogP contribution in [-0.2, 0) is 4.74 Å². The number of hydrogen-bond acceptors (Lipinski definition) is 3. The lowest BCUT2D eigenvalue weighted by atomic mass is 10.1. The molecule has 14 heavy (non-hydrogen) atoms. The van der Waals surface area contributed by atoms with Gasteiger partial charge in [0.15, 0.2) is 0 Å². The van der Waals surface area contributed by atoms with E-state index in [4.69, 9.17) is 4.74 Å². The van der Waals surface area contributed by atoms with Gasteiger partial charge in [-0.05, 0) is 47.3 Å². The van der Waals surface area contributed by atoms with E-state index >= 15 is 0 Å². The van der Waals surface area contributed by atoms with E-state index in [1.54, 1.807) is 0 Å². The standard InChI is InChI=1S/C11H24N2O/c1-9(12-3)5-7-13(4)11-6-8-14-10(11)2/h9-12H,5-8H2,1-4H3. The molecule has 0 spiro atoms. The van der Waals surface area contributed by atoms with Crippen LogP contribution in [0.1, 0.15) is 26.7 Å². The van der Waals surface area contributed by atoms with Gasteiger partial charge in [0.25, 0.3) is 0 Å². The molecule has 0 saturated carbocycles. The largest absolute Gasteiger partial charge is 0.377 e. The zero-order chi connectivity index (χ0) is 10.6. The Labute approximate surface area is 87.8 Å². The Bertz CT molecular complexity index is 163. The van der Waals surface area contributed by atoms with Gasteiger partial charge in [-0.1, -0.05) is 0 Å². The molecule has 1 rings (SSSR count). The molecular weight excluding hydrogens is 176 g/mol. The Morgan fingerprint density at radius 1 is 1.57 bits per heavy atom. The van der Waals surface area contributed by atoms with Crippen molar-refractivity contribution in [3.05, 3.63) is 0 Å². The molecule has 1 aliphatic heterocycles. The van der Waals surface area contributed by atoms with Crippen molar-refractivity contribution >= 4 is 0 Å². The van der Waals surface area contributed by atoms with Crippen molar-refractivity contribution in [2.75, 3.05) is 27.2 Å². The zero-order valence-electron chi connectivity index (χ0n) is 9.92. The lowest BCUT2D eigenvalue weighted by Crippen LogP contribution is -2.39. The molecule has 1 N–H and O–H groups in total. The predicted octanol–water partition coefficient (Wildman–Crippen LogP) is 1.09. The van der Waals surface area contributed by atoms with Crippen molar-refractivity contribution in [3.63, 3.8) is 0 Å². The van der Waals surface area contributed by atoms with Crippen molar-refractivity contribution in [1.82, 2.24) is 10.2 Å². The Hall–Kier alpha value is -0.120. The molecule has 84 valence electrons. The van der Waals surface area contributed by atoms with E-state index in [0.717, 1.165) is 13.2 Å². The summed E-state index contributed by atoms with van der Waals surface area (Å²) in [7, 11) is 4.23. The number of ether oxygens (including phenoxy) is 1. The van der Waals surface area contributed by atoms with Crippen LogP contribution < -0.4 is 5.32 Å². The van der Waals surface area contributed by atoms with Gasteiger partial charge in [0.1, 0.15) is 0 Å². The van der Waals surface area contributed by atoms with E-state index in [1.807, 2.05) is 7.05 Å². The van der Waals surface area contributed by atoms with Crippen LogP contribution in [0.5, 0.6) is 0 Å². The fraction of sp³-hybridized carbons (Fsp3) is 1.00. The van der Waals surface area contributed by atoms with E-state index in [2.05, 4.69) is 31.1 Å². The summed E-state index contributed by atoms with van der Waals surface area (Å²) in [5.41, 5.74) is 0. The van der Waals surface area contributed by atoms with Gasteiger partial charge in [0.2, 0.25) is 0 Å². The molecule has 3 heteroatoms. The summed E-state index contributed by atoms with van der Waals surface area (Å²) in [5.74, 6) is 0. The number of hydrogen-bond donors (Lipinski definition) is 1. The average molecular weight is 200 g/mol. The minimum atomic E-state index is 0.407. The first-order valence-corrected chi connectivity index (χ1v) is 5.64. The third kappa shape index (κ3) is 3.23. The smallest absolute Gasteiger partial charge is 0.0702 e. The van der Waals surface area contributed by atoms with Crippen molar-refractivity contribution in [2.24, 2.45) is 0 Å². The number of nitrogens with zero attached hydrogens (tertiary/aromatic N) is 1. The van der Waals surface area contributed by atoms with Crippen LogP contribution in [0.15, 0.2) is 0 Å². The Kier molecular flexibility index (Phi) is 4.85. The van der Waals surface area contributed by atoms with Gasteiger partial charge in [-0.25, -0.2) is 0 Å². The van der Waals surface area contributed by atoms with Gasteiger partial charge in [0, 0.05) is 18.7 Å². The van der Waals surface area contributed by atoms with Crippen LogP contribution in [0.2, 0.25) is 0 Å². The van der Waals surface area contributed by atoms with Gasteiger partial charge >= 0.3 is 0 Å². The highest BCUT2D eigenvalue weighted by Crippen LogP contribution is 2.18. The highest BCUT2D eigenvalue weighted by atomic mass is 16.5. The summed E-state index contributed by atoms with van der Waals surface area (Å²) in [6, 6.07) is 1.23. The summed E-state index contributed by atoms with van der Waals surface area (Å²) in [6.07, 6.45) is 2.80. The molecule has 0 aromatic heterocycles. The van der Waals surface area contributed by atoms with Crippen LogP contribution in [-0.4, -0.2) is 50.3 Å². The highest BCUT2D eigenvalue weighted by molar-refractivity contribution is 4.80. The van der Waals surface area contributed by atoms with E-state index in [0.29, 0.717) is 18.2 Å². The lowest BCUT2D eigenvalue weighted by Gasteiger charge is -2.27. The quantitative estimate of drug-likeness (QED) is 0.719. The van der Waals surface area contributed by atoms with Crippen molar-refractivity contribution < 1.29 is 4.74 Å². The molecule has 0 aliphatic carbocycles. The van der Waals surface area contributed by atoms with E-state index in [1.165, 1.54) is 12.8 Å². The topological polar surface area (TPSA) is 24.5 Å². The van der Waals surface area contributed by atoms with Gasteiger partial charge < -0.3 is 15.0 Å². The Balaban J connectivity index is 2.23. The van der Waals surface area contributed by atoms with Crippen LogP contribution in [0, 0.1) is 0 Å². The maximum atomic E-state index is 5.56. The molecule has 0 radical (unpaired) electrons. The fourth-order valence-corrected chi connectivity index (χ4v) is 2.01. The second-order valence-electron chi connectivity index (χ2n) is 4.39. The molecule has 1 heterocycles. The molecule has 0 amide bonds. The molecule has 3 nitrogen and oxygen atoms in total. The summed E-state index contributed by atoms with van der Waals surface area (Å²) >= 11 is 0. The monoisotopic (exact) mass is 200 g/mol. The normalized spacial score (nSPS) is 29.8. The number of likely N-dealkylation sites (N-methyl/N-ethyl adjacent to an activating group) is 1. The minimum absolute atomic E-state index is 0.407. The summed E-state index contributed by atoms with van der Waals surface area (Å²) in [4.78, 5) is 2.44. The average Bonchev–Trinajstić information content (AvgIpc) is 2.60. The SMILES string of the molecule is CNC(C)CCN(C)C1CCOC1C. The van der Waals surface area contributed by atoms with Crippen LogP contribution in [0.4, 0.5) is 0 Å². The number of rotatable bonds is 5. The first kappa shape index (κ1) is 12.0. The molecular formula is C11H24N2O. The lowest BCUT2D eigenvalue weighted by molar-refractivity contribution is 0.0826. The van der Waals surface area contributed by atoms with Crippen molar-refractivity contribution in [1.29, 1.82) is 0 Å². The van der Waals surface area contributed by atoms with E-state index in [9.17, 15) is 0 Å². The molecule has 1 saturated heterocycles. The molecule has 3 atom stereocenters. The first-order valence-electron chi connectivity index (χ1n) is 5.64. The first-order chi connectivity index (χ1) is 6.65.